The SMILES string of the molecule is CO[C@H]1CO[C@@H](C(=O)N2CCc3ccccc3[C@@H]2c2ccc(F)cc2)C[C@@H]1N1CCC(O)CC1. The third kappa shape index (κ3) is 4.62. The lowest BCUT2D eigenvalue weighted by Gasteiger charge is -2.45. The minimum Gasteiger partial charge on any atom is -0.393 e. The Balaban J connectivity index is 1.40. The summed E-state index contributed by atoms with van der Waals surface area (Å²) < 4.78 is 25.5. The molecule has 0 saturated carbocycles. The van der Waals surface area contributed by atoms with Crippen molar-refractivity contribution in [1.82, 2.24) is 9.80 Å². The van der Waals surface area contributed by atoms with Crippen molar-refractivity contribution in [3.63, 3.8) is 0 Å². The number of methoxy groups -OCH3 is 1. The van der Waals surface area contributed by atoms with Gasteiger partial charge in [-0.1, -0.05) is 36.4 Å². The number of amides is 1. The maximum Gasteiger partial charge on any atom is 0.252 e. The molecule has 0 aliphatic carbocycles. The normalized spacial score (nSPS) is 28.5. The van der Waals surface area contributed by atoms with Crippen molar-refractivity contribution in [3.8, 4) is 0 Å². The molecule has 1 amide bonds. The van der Waals surface area contributed by atoms with Gasteiger partial charge in [-0.25, -0.2) is 4.39 Å². The van der Waals surface area contributed by atoms with E-state index in [0.717, 1.165) is 43.5 Å². The van der Waals surface area contributed by atoms with Crippen LogP contribution in [-0.2, 0) is 20.7 Å². The van der Waals surface area contributed by atoms with Gasteiger partial charge in [-0.2, -0.15) is 0 Å². The maximum absolute atomic E-state index is 13.9. The summed E-state index contributed by atoms with van der Waals surface area (Å²) in [6.07, 6.45) is 1.90. The number of carbonyl (C=O) groups is 1. The number of aliphatic hydroxyl groups excluding tert-OH is 1. The first kappa shape index (κ1) is 23.4. The smallest absolute Gasteiger partial charge is 0.252 e. The van der Waals surface area contributed by atoms with Gasteiger partial charge in [0.2, 0.25) is 0 Å². The highest BCUT2D eigenvalue weighted by Gasteiger charge is 2.42. The number of hydrogen-bond acceptors (Lipinski definition) is 5. The first-order valence-electron chi connectivity index (χ1n) is 12.3. The molecule has 2 aromatic rings. The van der Waals surface area contributed by atoms with Crippen LogP contribution in [0.3, 0.4) is 0 Å². The number of nitrogens with zero attached hydrogens (tertiary/aromatic N) is 2. The number of ether oxygens (including phenoxy) is 2. The lowest BCUT2D eigenvalue weighted by Crippen LogP contribution is -2.58. The van der Waals surface area contributed by atoms with Gasteiger partial charge >= 0.3 is 0 Å². The van der Waals surface area contributed by atoms with Crippen LogP contribution in [0.15, 0.2) is 48.5 Å². The van der Waals surface area contributed by atoms with E-state index < -0.39 is 6.10 Å². The lowest BCUT2D eigenvalue weighted by molar-refractivity contribution is -0.164. The zero-order chi connectivity index (χ0) is 23.7. The molecule has 3 aliphatic heterocycles. The zero-order valence-electron chi connectivity index (χ0n) is 19.6. The van der Waals surface area contributed by atoms with Crippen LogP contribution in [0.4, 0.5) is 4.39 Å². The van der Waals surface area contributed by atoms with Crippen LogP contribution in [0.2, 0.25) is 0 Å². The summed E-state index contributed by atoms with van der Waals surface area (Å²) >= 11 is 0. The first-order chi connectivity index (χ1) is 16.5. The summed E-state index contributed by atoms with van der Waals surface area (Å²) in [4.78, 5) is 18.2. The lowest BCUT2D eigenvalue weighted by atomic mass is 9.87. The molecule has 0 aromatic heterocycles. The fourth-order valence-electron chi connectivity index (χ4n) is 5.75. The zero-order valence-corrected chi connectivity index (χ0v) is 19.6. The summed E-state index contributed by atoms with van der Waals surface area (Å²) in [6.45, 7) is 2.54. The number of hydrogen-bond donors (Lipinski definition) is 1. The molecule has 5 rings (SSSR count). The number of rotatable bonds is 4. The number of likely N-dealkylation sites (tertiary alicyclic amines) is 1. The Morgan fingerprint density at radius 2 is 1.82 bits per heavy atom. The fraction of sp³-hybridized carbons (Fsp3) is 0.519. The quantitative estimate of drug-likeness (QED) is 0.748. The van der Waals surface area contributed by atoms with Gasteiger partial charge in [0.25, 0.3) is 5.91 Å². The third-order valence-electron chi connectivity index (χ3n) is 7.64. The summed E-state index contributed by atoms with van der Waals surface area (Å²) in [6, 6.07) is 14.4. The van der Waals surface area contributed by atoms with Crippen LogP contribution >= 0.6 is 0 Å². The topological polar surface area (TPSA) is 62.2 Å². The van der Waals surface area contributed by atoms with Gasteiger partial charge < -0.3 is 19.5 Å². The van der Waals surface area contributed by atoms with E-state index in [1.807, 2.05) is 17.0 Å². The minimum absolute atomic E-state index is 0.0274. The van der Waals surface area contributed by atoms with Gasteiger partial charge in [0.1, 0.15) is 11.9 Å². The number of piperidine rings is 1. The van der Waals surface area contributed by atoms with E-state index in [9.17, 15) is 14.3 Å². The fourth-order valence-corrected chi connectivity index (χ4v) is 5.75. The standard InChI is InChI=1S/C27H33FN2O4/c1-33-25-17-34-24(16-23(25)29-13-11-21(31)12-14-29)27(32)30-15-10-18-4-2-3-5-22(18)26(30)19-6-8-20(28)9-7-19/h2-9,21,23-26,31H,10-17H2,1H3/t23-,24+,25-,26-/m0/s1. The summed E-state index contributed by atoms with van der Waals surface area (Å²) in [5.74, 6) is -0.318. The van der Waals surface area contributed by atoms with E-state index in [2.05, 4.69) is 17.0 Å². The molecule has 34 heavy (non-hydrogen) atoms. The Kier molecular flexibility index (Phi) is 6.97. The number of carbonyl (C=O) groups excluding carboxylic acids is 1. The van der Waals surface area contributed by atoms with Gasteiger partial charge in [0.15, 0.2) is 0 Å². The molecule has 3 aliphatic rings. The number of fused-ring (bicyclic) bond motifs is 1. The van der Waals surface area contributed by atoms with E-state index in [4.69, 9.17) is 9.47 Å². The molecule has 7 heteroatoms. The Labute approximate surface area is 200 Å². The first-order valence-corrected chi connectivity index (χ1v) is 12.3. The van der Waals surface area contributed by atoms with Gasteiger partial charge in [0, 0.05) is 39.2 Å². The molecular formula is C27H33FN2O4. The van der Waals surface area contributed by atoms with Crippen molar-refractivity contribution in [3.05, 3.63) is 71.0 Å². The summed E-state index contributed by atoms with van der Waals surface area (Å²) in [7, 11) is 1.69. The highest BCUT2D eigenvalue weighted by Crippen LogP contribution is 2.37. The molecule has 182 valence electrons. The Morgan fingerprint density at radius 3 is 2.56 bits per heavy atom. The number of aliphatic hydroxyl groups is 1. The second kappa shape index (κ2) is 10.1. The molecule has 2 saturated heterocycles. The van der Waals surface area contributed by atoms with E-state index >= 15 is 0 Å². The van der Waals surface area contributed by atoms with E-state index in [1.54, 1.807) is 19.2 Å². The molecule has 2 aromatic carbocycles. The van der Waals surface area contributed by atoms with Gasteiger partial charge in [-0.15, -0.1) is 0 Å². The second-order valence-corrected chi connectivity index (χ2v) is 9.60. The van der Waals surface area contributed by atoms with Crippen LogP contribution < -0.4 is 0 Å². The molecule has 6 nitrogen and oxygen atoms in total. The predicted octanol–water partition coefficient (Wildman–Crippen LogP) is 2.93. The molecule has 2 fully saturated rings. The van der Waals surface area contributed by atoms with Crippen molar-refractivity contribution >= 4 is 5.91 Å². The van der Waals surface area contributed by atoms with Crippen LogP contribution in [0.25, 0.3) is 0 Å². The molecule has 0 radical (unpaired) electrons. The highest BCUT2D eigenvalue weighted by molar-refractivity contribution is 5.82. The van der Waals surface area contributed by atoms with Crippen LogP contribution in [0, 0.1) is 5.82 Å². The largest absolute Gasteiger partial charge is 0.393 e. The molecule has 3 heterocycles. The van der Waals surface area contributed by atoms with E-state index in [1.165, 1.54) is 17.7 Å². The monoisotopic (exact) mass is 468 g/mol. The third-order valence-corrected chi connectivity index (χ3v) is 7.64. The van der Waals surface area contributed by atoms with Crippen molar-refractivity contribution in [2.45, 2.75) is 56.1 Å². The maximum atomic E-state index is 13.9. The highest BCUT2D eigenvalue weighted by atomic mass is 19.1. The molecule has 0 bridgehead atoms. The van der Waals surface area contributed by atoms with Crippen LogP contribution in [0.5, 0.6) is 0 Å². The predicted molar refractivity (Wildman–Crippen MR) is 126 cm³/mol. The van der Waals surface area contributed by atoms with Crippen LogP contribution in [-0.4, -0.2) is 78.5 Å². The minimum atomic E-state index is -0.559. The van der Waals surface area contributed by atoms with Crippen molar-refractivity contribution in [2.24, 2.45) is 0 Å². The van der Waals surface area contributed by atoms with Gasteiger partial charge in [-0.3, -0.25) is 9.69 Å². The Hall–Kier alpha value is -2.32. The molecule has 0 unspecified atom stereocenters. The van der Waals surface area contributed by atoms with Gasteiger partial charge in [0.05, 0.1) is 24.9 Å². The molecule has 1 N–H and O–H groups in total. The van der Waals surface area contributed by atoms with Crippen molar-refractivity contribution in [2.75, 3.05) is 33.4 Å². The average Bonchev–Trinajstić information content (AvgIpc) is 2.88. The van der Waals surface area contributed by atoms with E-state index in [-0.39, 0.29) is 36.0 Å². The Morgan fingerprint density at radius 1 is 1.09 bits per heavy atom. The van der Waals surface area contributed by atoms with Crippen molar-refractivity contribution < 1.29 is 23.8 Å². The molecule has 0 spiro atoms. The summed E-state index contributed by atoms with van der Waals surface area (Å²) in [5.41, 5.74) is 3.20. The number of halogens is 1. The molecular weight excluding hydrogens is 435 g/mol. The summed E-state index contributed by atoms with van der Waals surface area (Å²) in [5, 5.41) is 9.93. The van der Waals surface area contributed by atoms with E-state index in [0.29, 0.717) is 19.6 Å². The second-order valence-electron chi connectivity index (χ2n) is 9.60. The number of benzene rings is 2. The van der Waals surface area contributed by atoms with Crippen LogP contribution in [0.1, 0.15) is 42.0 Å². The molecule has 4 atom stereocenters. The average molecular weight is 469 g/mol. The van der Waals surface area contributed by atoms with Crippen molar-refractivity contribution in [1.29, 1.82) is 0 Å². The Bertz CT molecular complexity index is 992. The van der Waals surface area contributed by atoms with Gasteiger partial charge in [-0.05, 0) is 48.1 Å².